The van der Waals surface area contributed by atoms with Gasteiger partial charge in [-0.1, -0.05) is 39.0 Å². The van der Waals surface area contributed by atoms with Gasteiger partial charge in [0.25, 0.3) is 5.56 Å². The highest BCUT2D eigenvalue weighted by Gasteiger charge is 2.27. The summed E-state index contributed by atoms with van der Waals surface area (Å²) in [6.45, 7) is 8.64. The number of sulfonamides is 1. The number of benzene rings is 2. The van der Waals surface area contributed by atoms with Crippen LogP contribution >= 0.6 is 0 Å². The van der Waals surface area contributed by atoms with Crippen molar-refractivity contribution in [3.63, 3.8) is 0 Å². The van der Waals surface area contributed by atoms with Crippen molar-refractivity contribution in [3.8, 4) is 5.75 Å². The smallest absolute Gasteiger partial charge is 0.252 e. The Balaban J connectivity index is 1.75. The second kappa shape index (κ2) is 10.2. The van der Waals surface area contributed by atoms with Gasteiger partial charge in [0, 0.05) is 41.9 Å². The number of pyridine rings is 2. The van der Waals surface area contributed by atoms with E-state index in [9.17, 15) is 13.2 Å². The monoisotopic (exact) mass is 505 g/mol. The molecule has 4 aromatic rings. The molecule has 0 aliphatic carbocycles. The first kappa shape index (κ1) is 25.6. The molecule has 0 unspecified atom stereocenters. The molecular weight excluding hydrogens is 474 g/mol. The molecule has 2 aromatic heterocycles. The third kappa shape index (κ3) is 5.66. The summed E-state index contributed by atoms with van der Waals surface area (Å²) in [5.74, 6) is 0.682. The van der Waals surface area contributed by atoms with Crippen LogP contribution in [0.15, 0.2) is 82.7 Å². The minimum absolute atomic E-state index is 0.0770. The topological polar surface area (TPSA) is 92.4 Å². The summed E-state index contributed by atoms with van der Waals surface area (Å²) in [4.78, 5) is 20.1. The van der Waals surface area contributed by atoms with Gasteiger partial charge in [-0.25, -0.2) is 8.42 Å². The van der Waals surface area contributed by atoms with Crippen LogP contribution in [-0.4, -0.2) is 29.3 Å². The number of fused-ring (bicyclic) bond motifs is 1. The van der Waals surface area contributed by atoms with E-state index in [2.05, 4.69) is 30.7 Å². The Labute approximate surface area is 211 Å². The molecule has 7 nitrogen and oxygen atoms in total. The molecule has 2 aromatic carbocycles. The molecule has 0 spiro atoms. The molecule has 8 heteroatoms. The van der Waals surface area contributed by atoms with Gasteiger partial charge in [0.1, 0.15) is 5.75 Å². The number of aromatic amines is 1. The molecule has 1 N–H and O–H groups in total. The zero-order valence-corrected chi connectivity index (χ0v) is 21.8. The molecule has 0 aliphatic rings. The van der Waals surface area contributed by atoms with Crippen LogP contribution in [-0.2, 0) is 28.5 Å². The Bertz CT molecular complexity index is 1510. The van der Waals surface area contributed by atoms with Gasteiger partial charge in [-0.05, 0) is 65.9 Å². The largest absolute Gasteiger partial charge is 0.494 e. The molecule has 0 fully saturated rings. The van der Waals surface area contributed by atoms with E-state index in [0.29, 0.717) is 23.4 Å². The van der Waals surface area contributed by atoms with Crippen molar-refractivity contribution in [1.82, 2.24) is 14.3 Å². The molecule has 0 aliphatic heterocycles. The quantitative estimate of drug-likeness (QED) is 0.363. The molecule has 188 valence electrons. The number of H-pyrrole nitrogens is 1. The summed E-state index contributed by atoms with van der Waals surface area (Å²) >= 11 is 0. The normalized spacial score (nSPS) is 12.2. The first-order chi connectivity index (χ1) is 17.1. The number of hydrogen-bond donors (Lipinski definition) is 1. The van der Waals surface area contributed by atoms with Gasteiger partial charge in [-0.2, -0.15) is 4.31 Å². The Kier molecular flexibility index (Phi) is 7.28. The van der Waals surface area contributed by atoms with Gasteiger partial charge in [-0.15, -0.1) is 0 Å². The number of rotatable bonds is 8. The first-order valence-electron chi connectivity index (χ1n) is 11.9. The van der Waals surface area contributed by atoms with Crippen LogP contribution in [0.5, 0.6) is 5.75 Å². The lowest BCUT2D eigenvalue weighted by atomic mass is 9.87. The summed E-state index contributed by atoms with van der Waals surface area (Å²) in [5, 5.41) is 0.767. The van der Waals surface area contributed by atoms with Gasteiger partial charge < -0.3 is 9.72 Å². The molecular formula is C28H31N3O4S. The zero-order chi connectivity index (χ0) is 25.9. The van der Waals surface area contributed by atoms with Crippen LogP contribution in [0.1, 0.15) is 44.4 Å². The maximum atomic E-state index is 13.8. The summed E-state index contributed by atoms with van der Waals surface area (Å²) in [6.07, 6.45) is 3.27. The van der Waals surface area contributed by atoms with Crippen molar-refractivity contribution >= 4 is 20.9 Å². The van der Waals surface area contributed by atoms with E-state index in [4.69, 9.17) is 4.74 Å². The Morgan fingerprint density at radius 2 is 1.75 bits per heavy atom. The highest BCUT2D eigenvalue weighted by molar-refractivity contribution is 7.89. The molecule has 0 atom stereocenters. The zero-order valence-electron chi connectivity index (χ0n) is 21.0. The minimum atomic E-state index is -3.92. The average Bonchev–Trinajstić information content (AvgIpc) is 2.84. The fourth-order valence-electron chi connectivity index (χ4n) is 3.99. The van der Waals surface area contributed by atoms with Crippen LogP contribution < -0.4 is 10.3 Å². The molecule has 0 saturated heterocycles. The summed E-state index contributed by atoms with van der Waals surface area (Å²) in [5.41, 5.74) is 2.33. The Morgan fingerprint density at radius 1 is 1.00 bits per heavy atom. The highest BCUT2D eigenvalue weighted by Crippen LogP contribution is 2.26. The van der Waals surface area contributed by atoms with E-state index in [1.165, 1.54) is 4.31 Å². The number of nitrogens with zero attached hydrogens (tertiary/aromatic N) is 2. The van der Waals surface area contributed by atoms with Crippen molar-refractivity contribution < 1.29 is 13.2 Å². The molecule has 4 rings (SSSR count). The molecule has 2 heterocycles. The molecule has 0 radical (unpaired) electrons. The number of nitrogens with one attached hydrogen (secondary N) is 1. The predicted molar refractivity (Wildman–Crippen MR) is 142 cm³/mol. The van der Waals surface area contributed by atoms with Crippen LogP contribution in [0.3, 0.4) is 0 Å². The van der Waals surface area contributed by atoms with Gasteiger partial charge in [0.05, 0.1) is 11.5 Å². The summed E-state index contributed by atoms with van der Waals surface area (Å²) < 4.78 is 34.5. The summed E-state index contributed by atoms with van der Waals surface area (Å²) in [6, 6.07) is 17.7. The number of ether oxygens (including phenoxy) is 1. The van der Waals surface area contributed by atoms with E-state index < -0.39 is 10.0 Å². The minimum Gasteiger partial charge on any atom is -0.494 e. The second-order valence-electron chi connectivity index (χ2n) is 9.71. The second-order valence-corrected chi connectivity index (χ2v) is 11.7. The Hall–Kier alpha value is -3.49. The third-order valence-corrected chi connectivity index (χ3v) is 7.80. The van der Waals surface area contributed by atoms with Crippen molar-refractivity contribution in [3.05, 3.63) is 100 Å². The van der Waals surface area contributed by atoms with Gasteiger partial charge >= 0.3 is 0 Å². The highest BCUT2D eigenvalue weighted by atomic mass is 32.2. The lowest BCUT2D eigenvalue weighted by Crippen LogP contribution is -2.32. The van der Waals surface area contributed by atoms with E-state index in [-0.39, 0.29) is 29.0 Å². The number of hydrogen-bond acceptors (Lipinski definition) is 5. The Morgan fingerprint density at radius 3 is 2.39 bits per heavy atom. The van der Waals surface area contributed by atoms with Crippen LogP contribution in [0, 0.1) is 0 Å². The van der Waals surface area contributed by atoms with Gasteiger partial charge in [0.15, 0.2) is 0 Å². The molecule has 0 saturated carbocycles. The van der Waals surface area contributed by atoms with Crippen molar-refractivity contribution in [2.24, 2.45) is 0 Å². The lowest BCUT2D eigenvalue weighted by molar-refractivity contribution is 0.340. The fraction of sp³-hybridized carbons (Fsp3) is 0.286. The molecule has 0 bridgehead atoms. The van der Waals surface area contributed by atoms with Gasteiger partial charge in [-0.3, -0.25) is 9.78 Å². The lowest BCUT2D eigenvalue weighted by Gasteiger charge is -2.23. The predicted octanol–water partition coefficient (Wildman–Crippen LogP) is 5.01. The average molecular weight is 506 g/mol. The molecule has 0 amide bonds. The van der Waals surface area contributed by atoms with Crippen LogP contribution in [0.4, 0.5) is 0 Å². The number of aromatic nitrogens is 2. The fourth-order valence-corrected chi connectivity index (χ4v) is 5.40. The van der Waals surface area contributed by atoms with E-state index in [1.54, 1.807) is 48.8 Å². The van der Waals surface area contributed by atoms with Crippen LogP contribution in [0.2, 0.25) is 0 Å². The maximum absolute atomic E-state index is 13.8. The van der Waals surface area contributed by atoms with Gasteiger partial charge in [0.2, 0.25) is 10.0 Å². The third-order valence-electron chi connectivity index (χ3n) is 5.99. The molecule has 36 heavy (non-hydrogen) atoms. The first-order valence-corrected chi connectivity index (χ1v) is 13.3. The van der Waals surface area contributed by atoms with Crippen molar-refractivity contribution in [2.45, 2.75) is 51.1 Å². The van der Waals surface area contributed by atoms with E-state index in [0.717, 1.165) is 16.5 Å². The van der Waals surface area contributed by atoms with E-state index in [1.807, 2.05) is 31.2 Å². The van der Waals surface area contributed by atoms with E-state index >= 15 is 0 Å². The standard InChI is InChI=1S/C28H31N3O4S/c1-5-35-24-10-13-26-21(16-24)15-22(27(32)30-26)19-31(18-20-7-6-14-29-17-20)36(33,34)25-11-8-23(9-12-25)28(2,3)4/h6-17H,5,18-19H2,1-4H3,(H,30,32). The SMILES string of the molecule is CCOc1ccc2[nH]c(=O)c(CN(Cc3cccnc3)S(=O)(=O)c3ccc(C(C)(C)C)cc3)cc2c1. The van der Waals surface area contributed by atoms with Crippen LogP contribution in [0.25, 0.3) is 10.9 Å². The maximum Gasteiger partial charge on any atom is 0.252 e. The summed E-state index contributed by atoms with van der Waals surface area (Å²) in [7, 11) is -3.92. The van der Waals surface area contributed by atoms with Crippen molar-refractivity contribution in [2.75, 3.05) is 6.61 Å². The van der Waals surface area contributed by atoms with Crippen molar-refractivity contribution in [1.29, 1.82) is 0 Å².